The lowest BCUT2D eigenvalue weighted by Gasteiger charge is -2.18. The van der Waals surface area contributed by atoms with Crippen LogP contribution in [-0.4, -0.2) is 17.1 Å². The van der Waals surface area contributed by atoms with Gasteiger partial charge in [0.05, 0.1) is 16.0 Å². The van der Waals surface area contributed by atoms with E-state index in [1.165, 1.54) is 24.4 Å². The zero-order valence-electron chi connectivity index (χ0n) is 17.6. The van der Waals surface area contributed by atoms with Crippen molar-refractivity contribution >= 4 is 46.8 Å². The van der Waals surface area contributed by atoms with E-state index in [0.717, 1.165) is 23.8 Å². The van der Waals surface area contributed by atoms with Gasteiger partial charge in [-0.1, -0.05) is 59.1 Å². The lowest BCUT2D eigenvalue weighted by atomic mass is 9.96. The third-order valence-electron chi connectivity index (χ3n) is 4.94. The zero-order chi connectivity index (χ0) is 25.0. The van der Waals surface area contributed by atoms with Gasteiger partial charge in [-0.15, -0.1) is 0 Å². The molecule has 0 aliphatic carbocycles. The van der Waals surface area contributed by atoms with Gasteiger partial charge in [-0.2, -0.15) is 13.2 Å². The number of benzene rings is 2. The van der Waals surface area contributed by atoms with Crippen molar-refractivity contribution in [2.75, 3.05) is 0 Å². The fraction of sp³-hybridized carbons (Fsp3) is 0.167. The molecular formula is C24H17Cl3F4N2O. The van der Waals surface area contributed by atoms with Gasteiger partial charge in [0.1, 0.15) is 5.15 Å². The minimum absolute atomic E-state index is 0.234. The van der Waals surface area contributed by atoms with Gasteiger partial charge in [-0.25, -0.2) is 9.37 Å². The first kappa shape index (κ1) is 26.0. The molecule has 3 aromatic rings. The number of nitrogens with zero attached hydrogens (tertiary/aromatic N) is 1. The van der Waals surface area contributed by atoms with Crippen LogP contribution in [0.25, 0.3) is 6.08 Å². The Morgan fingerprint density at radius 2 is 1.76 bits per heavy atom. The van der Waals surface area contributed by atoms with E-state index < -0.39 is 28.0 Å². The van der Waals surface area contributed by atoms with Crippen LogP contribution in [0.15, 0.2) is 54.7 Å². The van der Waals surface area contributed by atoms with Crippen molar-refractivity contribution in [2.45, 2.75) is 25.6 Å². The molecule has 0 fully saturated rings. The van der Waals surface area contributed by atoms with E-state index in [9.17, 15) is 22.4 Å². The molecule has 1 atom stereocenters. The van der Waals surface area contributed by atoms with Crippen LogP contribution in [0.1, 0.15) is 38.5 Å². The normalized spacial score (nSPS) is 12.7. The van der Waals surface area contributed by atoms with Gasteiger partial charge < -0.3 is 5.32 Å². The number of carbonyl (C=O) groups is 1. The van der Waals surface area contributed by atoms with Crippen molar-refractivity contribution in [3.8, 4) is 0 Å². The molecule has 3 rings (SSSR count). The van der Waals surface area contributed by atoms with Crippen molar-refractivity contribution in [3.05, 3.63) is 104 Å². The Balaban J connectivity index is 1.78. The number of carbonyl (C=O) groups excluding carboxylic acids is 1. The first-order valence-electron chi connectivity index (χ1n) is 9.84. The molecule has 1 unspecified atom stereocenters. The van der Waals surface area contributed by atoms with Crippen LogP contribution in [0.5, 0.6) is 0 Å². The summed E-state index contributed by atoms with van der Waals surface area (Å²) in [5, 5.41) is 2.08. The predicted octanol–water partition coefficient (Wildman–Crippen LogP) is 7.78. The number of hydrogen-bond donors (Lipinski definition) is 1. The molecule has 1 N–H and O–H groups in total. The molecule has 3 nitrogen and oxygen atoms in total. The van der Waals surface area contributed by atoms with Crippen molar-refractivity contribution in [1.82, 2.24) is 10.3 Å². The van der Waals surface area contributed by atoms with Crippen molar-refractivity contribution in [2.24, 2.45) is 0 Å². The SMILES string of the molecule is Cc1cc(/C=C/C(c2cc(Cl)c(F)c(Cl)c2)C(F)(F)F)ccc1C(=O)NCc1ccnc(Cl)c1. The first-order chi connectivity index (χ1) is 16.0. The summed E-state index contributed by atoms with van der Waals surface area (Å²) >= 11 is 17.2. The third kappa shape index (κ3) is 6.50. The van der Waals surface area contributed by atoms with Gasteiger partial charge in [-0.3, -0.25) is 4.79 Å². The molecule has 1 heterocycles. The molecule has 0 saturated carbocycles. The molecule has 0 saturated heterocycles. The first-order valence-corrected chi connectivity index (χ1v) is 11.0. The fourth-order valence-electron chi connectivity index (χ4n) is 3.25. The van der Waals surface area contributed by atoms with Crippen LogP contribution in [0, 0.1) is 12.7 Å². The zero-order valence-corrected chi connectivity index (χ0v) is 19.8. The smallest absolute Gasteiger partial charge is 0.348 e. The second-order valence-corrected chi connectivity index (χ2v) is 8.62. The number of aryl methyl sites for hydroxylation is 1. The Hall–Kier alpha value is -2.61. The van der Waals surface area contributed by atoms with Crippen LogP contribution < -0.4 is 5.32 Å². The van der Waals surface area contributed by atoms with Gasteiger partial charge in [-0.05, 0) is 59.5 Å². The van der Waals surface area contributed by atoms with E-state index >= 15 is 0 Å². The number of alkyl halides is 3. The van der Waals surface area contributed by atoms with Gasteiger partial charge in [0, 0.05) is 18.3 Å². The van der Waals surface area contributed by atoms with Crippen LogP contribution in [-0.2, 0) is 6.54 Å². The molecule has 2 aromatic carbocycles. The Labute approximate surface area is 208 Å². The van der Waals surface area contributed by atoms with E-state index in [1.807, 2.05) is 0 Å². The number of aromatic nitrogens is 1. The van der Waals surface area contributed by atoms with E-state index in [2.05, 4.69) is 10.3 Å². The summed E-state index contributed by atoms with van der Waals surface area (Å²) in [7, 11) is 0. The minimum Gasteiger partial charge on any atom is -0.348 e. The quantitative estimate of drug-likeness (QED) is 0.200. The van der Waals surface area contributed by atoms with E-state index in [4.69, 9.17) is 34.8 Å². The number of nitrogens with one attached hydrogen (secondary N) is 1. The maximum Gasteiger partial charge on any atom is 0.399 e. The Morgan fingerprint density at radius 1 is 1.09 bits per heavy atom. The summed E-state index contributed by atoms with van der Waals surface area (Å²) in [6.45, 7) is 1.91. The molecule has 0 bridgehead atoms. The Bertz CT molecular complexity index is 1220. The molecule has 0 aliphatic rings. The van der Waals surface area contributed by atoms with Gasteiger partial charge in [0.25, 0.3) is 5.91 Å². The average Bonchev–Trinajstić information content (AvgIpc) is 2.75. The molecule has 0 radical (unpaired) electrons. The highest BCUT2D eigenvalue weighted by molar-refractivity contribution is 6.35. The highest BCUT2D eigenvalue weighted by Crippen LogP contribution is 2.39. The number of amides is 1. The molecule has 178 valence electrons. The number of halogens is 7. The highest BCUT2D eigenvalue weighted by atomic mass is 35.5. The topological polar surface area (TPSA) is 42.0 Å². The standard InChI is InChI=1S/C24H17Cl3F4N2O/c1-13-8-14(2-4-17(13)23(34)33-12-15-6-7-32-21(27)9-15)3-5-18(24(29,30)31)16-10-19(25)22(28)20(26)11-16/h2-11,18H,12H2,1H3,(H,33,34)/b5-3+. The Morgan fingerprint density at radius 3 is 2.35 bits per heavy atom. The van der Waals surface area contributed by atoms with E-state index in [-0.39, 0.29) is 18.0 Å². The third-order valence-corrected chi connectivity index (χ3v) is 5.69. The predicted molar refractivity (Wildman–Crippen MR) is 126 cm³/mol. The number of rotatable bonds is 6. The largest absolute Gasteiger partial charge is 0.399 e. The van der Waals surface area contributed by atoms with Gasteiger partial charge >= 0.3 is 6.18 Å². The number of allylic oxidation sites excluding steroid dienone is 1. The number of hydrogen-bond acceptors (Lipinski definition) is 2. The molecule has 0 spiro atoms. The summed E-state index contributed by atoms with van der Waals surface area (Å²) in [4.78, 5) is 16.4. The summed E-state index contributed by atoms with van der Waals surface area (Å²) in [6.07, 6.45) is -0.928. The van der Waals surface area contributed by atoms with Crippen LogP contribution >= 0.6 is 34.8 Å². The summed E-state index contributed by atoms with van der Waals surface area (Å²) in [5.41, 5.74) is 1.88. The van der Waals surface area contributed by atoms with Gasteiger partial charge in [0.2, 0.25) is 0 Å². The lowest BCUT2D eigenvalue weighted by Crippen LogP contribution is -2.23. The average molecular weight is 532 g/mol. The molecule has 1 amide bonds. The van der Waals surface area contributed by atoms with E-state index in [0.29, 0.717) is 21.8 Å². The lowest BCUT2D eigenvalue weighted by molar-refractivity contribution is -0.139. The second kappa shape index (κ2) is 10.8. The minimum atomic E-state index is -4.66. The summed E-state index contributed by atoms with van der Waals surface area (Å²) in [6, 6.07) is 9.79. The summed E-state index contributed by atoms with van der Waals surface area (Å²) in [5.74, 6) is -3.38. The maximum absolute atomic E-state index is 13.7. The molecule has 1 aromatic heterocycles. The van der Waals surface area contributed by atoms with Crippen molar-refractivity contribution in [1.29, 1.82) is 0 Å². The molecule has 34 heavy (non-hydrogen) atoms. The van der Waals surface area contributed by atoms with Gasteiger partial charge in [0.15, 0.2) is 5.82 Å². The van der Waals surface area contributed by atoms with Crippen LogP contribution in [0.4, 0.5) is 17.6 Å². The Kier molecular flexibility index (Phi) is 8.23. The maximum atomic E-state index is 13.7. The fourth-order valence-corrected chi connectivity index (χ4v) is 3.95. The molecular weight excluding hydrogens is 515 g/mol. The molecule has 0 aliphatic heterocycles. The van der Waals surface area contributed by atoms with Crippen molar-refractivity contribution in [3.63, 3.8) is 0 Å². The molecule has 10 heteroatoms. The summed E-state index contributed by atoms with van der Waals surface area (Å²) < 4.78 is 54.7. The van der Waals surface area contributed by atoms with Crippen LogP contribution in [0.2, 0.25) is 15.2 Å². The monoisotopic (exact) mass is 530 g/mol. The van der Waals surface area contributed by atoms with E-state index in [1.54, 1.807) is 25.1 Å². The number of pyridine rings is 1. The van der Waals surface area contributed by atoms with Crippen LogP contribution in [0.3, 0.4) is 0 Å². The van der Waals surface area contributed by atoms with Crippen molar-refractivity contribution < 1.29 is 22.4 Å². The second-order valence-electron chi connectivity index (χ2n) is 7.42. The highest BCUT2D eigenvalue weighted by Gasteiger charge is 2.39.